The number of primary amides is 1. The molecule has 0 saturated heterocycles. The summed E-state index contributed by atoms with van der Waals surface area (Å²) < 4.78 is 51.5. The predicted molar refractivity (Wildman–Crippen MR) is 87.6 cm³/mol. The van der Waals surface area contributed by atoms with E-state index in [1.807, 2.05) is 0 Å². The monoisotopic (exact) mass is 367 g/mol. The third kappa shape index (κ3) is 5.05. The molecule has 2 aromatic carbocycles. The average molecular weight is 367 g/mol. The Morgan fingerprint density at radius 2 is 1.81 bits per heavy atom. The average Bonchev–Trinajstić information content (AvgIpc) is 2.56. The highest BCUT2D eigenvalue weighted by molar-refractivity contribution is 5.97. The molecule has 0 aliphatic rings. The molecule has 1 radical (unpaired) electrons. The van der Waals surface area contributed by atoms with Gasteiger partial charge in [0.2, 0.25) is 11.8 Å². The van der Waals surface area contributed by atoms with Gasteiger partial charge in [-0.15, -0.1) is 0 Å². The molecule has 0 spiro atoms. The van der Waals surface area contributed by atoms with Crippen LogP contribution >= 0.6 is 0 Å². The Bertz CT molecular complexity index is 819. The number of carbonyl (C=O) groups is 2. The van der Waals surface area contributed by atoms with E-state index in [0.717, 1.165) is 6.42 Å². The van der Waals surface area contributed by atoms with E-state index in [1.54, 1.807) is 24.3 Å². The van der Waals surface area contributed by atoms with Gasteiger partial charge in [-0.3, -0.25) is 9.59 Å². The van der Waals surface area contributed by atoms with Crippen molar-refractivity contribution in [3.63, 3.8) is 0 Å². The quantitative estimate of drug-likeness (QED) is 0.764. The van der Waals surface area contributed by atoms with Gasteiger partial charge in [-0.05, 0) is 42.7 Å². The van der Waals surface area contributed by atoms with Crippen molar-refractivity contribution in [3.8, 4) is 0 Å². The Labute approximate surface area is 147 Å². The molecule has 0 aliphatic carbocycles. The topological polar surface area (TPSA) is 72.2 Å². The highest BCUT2D eigenvalue weighted by Gasteiger charge is 2.31. The maximum absolute atomic E-state index is 13.6. The molecule has 0 aromatic heterocycles. The van der Waals surface area contributed by atoms with Crippen molar-refractivity contribution < 1.29 is 27.2 Å². The molecule has 2 amide bonds. The van der Waals surface area contributed by atoms with E-state index in [-0.39, 0.29) is 6.42 Å². The Kier molecular flexibility index (Phi) is 5.97. The van der Waals surface area contributed by atoms with E-state index in [9.17, 15) is 27.2 Å². The SMILES string of the molecule is NC(=O)c1ccccc1CC[CH]C(=O)Nc1cc(C(F)(F)F)ccc1F. The van der Waals surface area contributed by atoms with Gasteiger partial charge in [0.25, 0.3) is 0 Å². The van der Waals surface area contributed by atoms with Gasteiger partial charge in [0.05, 0.1) is 17.7 Å². The Balaban J connectivity index is 1.97. The number of rotatable bonds is 6. The summed E-state index contributed by atoms with van der Waals surface area (Å²) in [5.41, 5.74) is 4.59. The second kappa shape index (κ2) is 7.99. The maximum Gasteiger partial charge on any atom is 0.416 e. The van der Waals surface area contributed by atoms with Crippen LogP contribution in [0.2, 0.25) is 0 Å². The van der Waals surface area contributed by atoms with Crippen LogP contribution in [0.1, 0.15) is 27.9 Å². The molecule has 137 valence electrons. The molecule has 3 N–H and O–H groups in total. The lowest BCUT2D eigenvalue weighted by molar-refractivity contribution is -0.137. The molecule has 0 fully saturated rings. The number of hydrogen-bond donors (Lipinski definition) is 2. The smallest absolute Gasteiger partial charge is 0.366 e. The first-order valence-electron chi connectivity index (χ1n) is 7.57. The first-order valence-corrected chi connectivity index (χ1v) is 7.57. The minimum atomic E-state index is -4.64. The third-order valence-corrected chi connectivity index (χ3v) is 3.58. The third-order valence-electron chi connectivity index (χ3n) is 3.58. The van der Waals surface area contributed by atoms with Gasteiger partial charge in [-0.2, -0.15) is 13.2 Å². The molecule has 2 rings (SSSR count). The van der Waals surface area contributed by atoms with Crippen molar-refractivity contribution in [2.45, 2.75) is 19.0 Å². The predicted octanol–water partition coefficient (Wildman–Crippen LogP) is 3.72. The molecular weight excluding hydrogens is 352 g/mol. The van der Waals surface area contributed by atoms with Gasteiger partial charge in [0, 0.05) is 5.56 Å². The van der Waals surface area contributed by atoms with Gasteiger partial charge in [0.1, 0.15) is 5.82 Å². The van der Waals surface area contributed by atoms with Crippen molar-refractivity contribution in [3.05, 3.63) is 71.4 Å². The summed E-state index contributed by atoms with van der Waals surface area (Å²) in [5.74, 6) is -2.32. The summed E-state index contributed by atoms with van der Waals surface area (Å²) in [6.07, 6.45) is -2.97. The van der Waals surface area contributed by atoms with E-state index in [2.05, 4.69) is 5.32 Å². The lowest BCUT2D eigenvalue weighted by Crippen LogP contribution is -2.16. The molecule has 0 atom stereocenters. The lowest BCUT2D eigenvalue weighted by atomic mass is 10.0. The second-order valence-electron chi connectivity index (χ2n) is 5.45. The van der Waals surface area contributed by atoms with Crippen LogP contribution in [0.3, 0.4) is 0 Å². The highest BCUT2D eigenvalue weighted by Crippen LogP contribution is 2.31. The van der Waals surface area contributed by atoms with Crippen LogP contribution in [0.15, 0.2) is 42.5 Å². The number of amides is 2. The zero-order valence-corrected chi connectivity index (χ0v) is 13.4. The Hall–Kier alpha value is -2.90. The van der Waals surface area contributed by atoms with Gasteiger partial charge >= 0.3 is 6.18 Å². The van der Waals surface area contributed by atoms with Crippen molar-refractivity contribution in [1.82, 2.24) is 0 Å². The number of alkyl halides is 3. The van der Waals surface area contributed by atoms with Crippen LogP contribution in [-0.2, 0) is 17.4 Å². The number of nitrogens with two attached hydrogens (primary N) is 1. The van der Waals surface area contributed by atoms with E-state index in [4.69, 9.17) is 5.73 Å². The fourth-order valence-corrected chi connectivity index (χ4v) is 2.32. The summed E-state index contributed by atoms with van der Waals surface area (Å²) in [6, 6.07) is 8.35. The van der Waals surface area contributed by atoms with E-state index < -0.39 is 35.1 Å². The molecule has 0 bridgehead atoms. The van der Waals surface area contributed by atoms with Gasteiger partial charge in [-0.1, -0.05) is 18.2 Å². The van der Waals surface area contributed by atoms with Crippen LogP contribution in [0.4, 0.5) is 23.2 Å². The molecular formula is C18H15F4N2O2. The Morgan fingerprint density at radius 1 is 1.12 bits per heavy atom. The number of aryl methyl sites for hydroxylation is 1. The highest BCUT2D eigenvalue weighted by atomic mass is 19.4. The van der Waals surface area contributed by atoms with Crippen LogP contribution in [0.25, 0.3) is 0 Å². The van der Waals surface area contributed by atoms with Gasteiger partial charge < -0.3 is 11.1 Å². The Morgan fingerprint density at radius 3 is 2.46 bits per heavy atom. The first kappa shape index (κ1) is 19.4. The largest absolute Gasteiger partial charge is 0.416 e. The molecule has 26 heavy (non-hydrogen) atoms. The molecule has 0 saturated carbocycles. The first-order chi connectivity index (χ1) is 12.2. The molecule has 0 heterocycles. The maximum atomic E-state index is 13.6. The van der Waals surface area contributed by atoms with Crippen molar-refractivity contribution in [2.24, 2.45) is 5.73 Å². The normalized spacial score (nSPS) is 11.2. The van der Waals surface area contributed by atoms with Crippen LogP contribution in [0, 0.1) is 12.2 Å². The molecule has 2 aromatic rings. The van der Waals surface area contributed by atoms with Crippen molar-refractivity contribution in [1.29, 1.82) is 0 Å². The van der Waals surface area contributed by atoms with E-state index in [1.165, 1.54) is 0 Å². The number of halogens is 4. The fourth-order valence-electron chi connectivity index (χ4n) is 2.32. The minimum Gasteiger partial charge on any atom is -0.366 e. The number of hydrogen-bond acceptors (Lipinski definition) is 2. The van der Waals surface area contributed by atoms with Crippen LogP contribution in [0.5, 0.6) is 0 Å². The molecule has 8 heteroatoms. The van der Waals surface area contributed by atoms with Crippen LogP contribution in [-0.4, -0.2) is 11.8 Å². The van der Waals surface area contributed by atoms with Crippen molar-refractivity contribution >= 4 is 17.5 Å². The van der Waals surface area contributed by atoms with Crippen LogP contribution < -0.4 is 11.1 Å². The number of carbonyl (C=O) groups excluding carboxylic acids is 2. The summed E-state index contributed by atoms with van der Waals surface area (Å²) in [7, 11) is 0. The lowest BCUT2D eigenvalue weighted by Gasteiger charge is -2.11. The summed E-state index contributed by atoms with van der Waals surface area (Å²) >= 11 is 0. The van der Waals surface area contributed by atoms with Gasteiger partial charge in [-0.25, -0.2) is 4.39 Å². The zero-order chi connectivity index (χ0) is 19.3. The molecule has 0 aliphatic heterocycles. The molecule has 0 unspecified atom stereocenters. The summed E-state index contributed by atoms with van der Waals surface area (Å²) in [4.78, 5) is 23.1. The summed E-state index contributed by atoms with van der Waals surface area (Å²) in [5, 5.41) is 2.09. The molecule has 4 nitrogen and oxygen atoms in total. The van der Waals surface area contributed by atoms with E-state index in [0.29, 0.717) is 35.7 Å². The second-order valence-corrected chi connectivity index (χ2v) is 5.45. The number of nitrogens with one attached hydrogen (secondary N) is 1. The van der Waals surface area contributed by atoms with Gasteiger partial charge in [0.15, 0.2) is 0 Å². The minimum absolute atomic E-state index is 0.191. The fraction of sp³-hybridized carbons (Fsp3) is 0.167. The van der Waals surface area contributed by atoms with Crippen molar-refractivity contribution in [2.75, 3.05) is 5.32 Å². The number of anilines is 1. The zero-order valence-electron chi connectivity index (χ0n) is 13.4. The summed E-state index contributed by atoms with van der Waals surface area (Å²) in [6.45, 7) is 0. The standard InChI is InChI=1S/C18H15F4N2O2/c19-14-9-8-12(18(20,21)22)10-15(14)24-16(25)7-3-5-11-4-1-2-6-13(11)17(23)26/h1-2,4,6-10H,3,5H2,(H2,23,26)(H,24,25). The van der Waals surface area contributed by atoms with E-state index >= 15 is 0 Å². The number of benzene rings is 2.